The van der Waals surface area contributed by atoms with Crippen LogP contribution in [0.2, 0.25) is 0 Å². The summed E-state index contributed by atoms with van der Waals surface area (Å²) in [6.45, 7) is 2.82. The summed E-state index contributed by atoms with van der Waals surface area (Å²) >= 11 is 0. The van der Waals surface area contributed by atoms with Crippen molar-refractivity contribution in [1.82, 2.24) is 5.32 Å². The molecule has 0 aromatic heterocycles. The first-order valence-electron chi connectivity index (χ1n) is 7.62. The molecule has 0 radical (unpaired) electrons. The van der Waals surface area contributed by atoms with Crippen LogP contribution in [0.25, 0.3) is 0 Å². The molecule has 0 aliphatic carbocycles. The highest BCUT2D eigenvalue weighted by molar-refractivity contribution is 5.77. The molecule has 1 N–H and O–H groups in total. The molecule has 0 spiro atoms. The maximum absolute atomic E-state index is 11.4. The molecule has 0 atom stereocenters. The zero-order valence-corrected chi connectivity index (χ0v) is 13.8. The summed E-state index contributed by atoms with van der Waals surface area (Å²) in [5, 5.41) is 11.2. The number of nitrogens with zero attached hydrogens (tertiary/aromatic N) is 1. The maximum atomic E-state index is 11.4. The standard InChI is InChI=1S/C19H20N2O3/c1-14-5-3-4-6-16(14)13-24-18-11-15(7-8-17(18)23-2)12-21-19(22)9-10-20/h3-8,11H,9,12-13H2,1-2H3,(H,21,22). The van der Waals surface area contributed by atoms with Crippen molar-refractivity contribution in [3.8, 4) is 17.6 Å². The summed E-state index contributed by atoms with van der Waals surface area (Å²) in [5.41, 5.74) is 3.14. The van der Waals surface area contributed by atoms with E-state index in [2.05, 4.69) is 5.32 Å². The highest BCUT2D eigenvalue weighted by Gasteiger charge is 2.08. The monoisotopic (exact) mass is 324 g/mol. The first-order valence-corrected chi connectivity index (χ1v) is 7.62. The van der Waals surface area contributed by atoms with E-state index < -0.39 is 0 Å². The fourth-order valence-electron chi connectivity index (χ4n) is 2.21. The highest BCUT2D eigenvalue weighted by Crippen LogP contribution is 2.29. The van der Waals surface area contributed by atoms with Crippen LogP contribution < -0.4 is 14.8 Å². The fourth-order valence-corrected chi connectivity index (χ4v) is 2.21. The zero-order chi connectivity index (χ0) is 17.4. The zero-order valence-electron chi connectivity index (χ0n) is 13.8. The van der Waals surface area contributed by atoms with Gasteiger partial charge in [0.25, 0.3) is 0 Å². The van der Waals surface area contributed by atoms with E-state index in [0.717, 1.165) is 16.7 Å². The lowest BCUT2D eigenvalue weighted by atomic mass is 10.1. The van der Waals surface area contributed by atoms with Crippen molar-refractivity contribution in [3.63, 3.8) is 0 Å². The largest absolute Gasteiger partial charge is 0.493 e. The van der Waals surface area contributed by atoms with Crippen LogP contribution in [0.4, 0.5) is 0 Å². The molecular formula is C19H20N2O3. The van der Waals surface area contributed by atoms with E-state index >= 15 is 0 Å². The van der Waals surface area contributed by atoms with E-state index in [9.17, 15) is 4.79 Å². The molecule has 0 bridgehead atoms. The minimum absolute atomic E-state index is 0.146. The van der Waals surface area contributed by atoms with Crippen molar-refractivity contribution in [3.05, 3.63) is 59.2 Å². The second-order valence-corrected chi connectivity index (χ2v) is 5.31. The van der Waals surface area contributed by atoms with Crippen LogP contribution in [0.3, 0.4) is 0 Å². The molecular weight excluding hydrogens is 304 g/mol. The van der Waals surface area contributed by atoms with Crippen molar-refractivity contribution in [2.75, 3.05) is 7.11 Å². The highest BCUT2D eigenvalue weighted by atomic mass is 16.5. The summed E-state index contributed by atoms with van der Waals surface area (Å²) in [7, 11) is 1.59. The molecule has 0 saturated carbocycles. The fraction of sp³-hybridized carbons (Fsp3) is 0.263. The van der Waals surface area contributed by atoms with Crippen molar-refractivity contribution in [2.24, 2.45) is 0 Å². The van der Waals surface area contributed by atoms with Gasteiger partial charge in [-0.2, -0.15) is 5.26 Å². The second-order valence-electron chi connectivity index (χ2n) is 5.31. The average Bonchev–Trinajstić information content (AvgIpc) is 2.59. The SMILES string of the molecule is COc1ccc(CNC(=O)CC#N)cc1OCc1ccccc1C. The van der Waals surface area contributed by atoms with Crippen molar-refractivity contribution in [1.29, 1.82) is 5.26 Å². The quantitative estimate of drug-likeness (QED) is 0.849. The number of carbonyl (C=O) groups is 1. The lowest BCUT2D eigenvalue weighted by Crippen LogP contribution is -2.21. The van der Waals surface area contributed by atoms with Gasteiger partial charge in [-0.15, -0.1) is 0 Å². The molecule has 5 nitrogen and oxygen atoms in total. The molecule has 0 aliphatic rings. The van der Waals surface area contributed by atoms with Crippen molar-refractivity contribution < 1.29 is 14.3 Å². The van der Waals surface area contributed by atoms with E-state index in [-0.39, 0.29) is 12.3 Å². The summed E-state index contributed by atoms with van der Waals surface area (Å²) in [4.78, 5) is 11.4. The van der Waals surface area contributed by atoms with Gasteiger partial charge in [-0.05, 0) is 35.7 Å². The number of amides is 1. The average molecular weight is 324 g/mol. The van der Waals surface area contributed by atoms with Gasteiger partial charge in [0.05, 0.1) is 13.2 Å². The Kier molecular flexibility index (Phi) is 6.21. The van der Waals surface area contributed by atoms with Gasteiger partial charge in [-0.1, -0.05) is 30.3 Å². The smallest absolute Gasteiger partial charge is 0.234 e. The number of nitrogens with one attached hydrogen (secondary N) is 1. The number of aryl methyl sites for hydroxylation is 1. The predicted octanol–water partition coefficient (Wildman–Crippen LogP) is 3.11. The number of hydrogen-bond donors (Lipinski definition) is 1. The van der Waals surface area contributed by atoms with Gasteiger partial charge in [0, 0.05) is 6.54 Å². The van der Waals surface area contributed by atoms with Crippen LogP contribution in [0.1, 0.15) is 23.1 Å². The summed E-state index contributed by atoms with van der Waals surface area (Å²) in [5.74, 6) is 0.958. The van der Waals surface area contributed by atoms with Crippen molar-refractivity contribution >= 4 is 5.91 Å². The number of rotatable bonds is 7. The number of carbonyl (C=O) groups excluding carboxylic acids is 1. The molecule has 2 aromatic carbocycles. The van der Waals surface area contributed by atoms with Gasteiger partial charge in [0.2, 0.25) is 5.91 Å². The Morgan fingerprint density at radius 2 is 2.00 bits per heavy atom. The third kappa shape index (κ3) is 4.75. The second kappa shape index (κ2) is 8.59. The molecule has 0 unspecified atom stereocenters. The Morgan fingerprint density at radius 3 is 2.71 bits per heavy atom. The van der Waals surface area contributed by atoms with E-state index in [4.69, 9.17) is 14.7 Å². The molecule has 5 heteroatoms. The van der Waals surface area contributed by atoms with E-state index in [1.807, 2.05) is 49.4 Å². The Balaban J connectivity index is 2.07. The molecule has 0 fully saturated rings. The third-order valence-electron chi connectivity index (χ3n) is 3.60. The maximum Gasteiger partial charge on any atom is 0.234 e. The molecule has 124 valence electrons. The first kappa shape index (κ1) is 17.4. The molecule has 0 aliphatic heterocycles. The van der Waals surface area contributed by atoms with E-state index in [1.54, 1.807) is 13.2 Å². The molecule has 2 rings (SSSR count). The van der Waals surface area contributed by atoms with Crippen molar-refractivity contribution in [2.45, 2.75) is 26.5 Å². The number of ether oxygens (including phenoxy) is 2. The molecule has 2 aromatic rings. The van der Waals surface area contributed by atoms with Gasteiger partial charge in [-0.3, -0.25) is 4.79 Å². The lowest BCUT2D eigenvalue weighted by molar-refractivity contribution is -0.120. The third-order valence-corrected chi connectivity index (χ3v) is 3.60. The van der Waals surface area contributed by atoms with E-state index in [0.29, 0.717) is 24.7 Å². The number of methoxy groups -OCH3 is 1. The number of benzene rings is 2. The Labute approximate surface area is 141 Å². The van der Waals surface area contributed by atoms with Crippen LogP contribution >= 0.6 is 0 Å². The van der Waals surface area contributed by atoms with Crippen LogP contribution in [0, 0.1) is 18.3 Å². The van der Waals surface area contributed by atoms with Gasteiger partial charge in [0.15, 0.2) is 11.5 Å². The van der Waals surface area contributed by atoms with Gasteiger partial charge < -0.3 is 14.8 Å². The molecule has 1 amide bonds. The van der Waals surface area contributed by atoms with Gasteiger partial charge in [-0.25, -0.2) is 0 Å². The Morgan fingerprint density at radius 1 is 1.21 bits per heavy atom. The van der Waals surface area contributed by atoms with E-state index in [1.165, 1.54) is 0 Å². The molecule has 0 saturated heterocycles. The normalized spacial score (nSPS) is 9.88. The van der Waals surface area contributed by atoms with Crippen LogP contribution in [-0.4, -0.2) is 13.0 Å². The minimum Gasteiger partial charge on any atom is -0.493 e. The molecule has 24 heavy (non-hydrogen) atoms. The Bertz CT molecular complexity index is 751. The number of hydrogen-bond acceptors (Lipinski definition) is 4. The van der Waals surface area contributed by atoms with Gasteiger partial charge in [0.1, 0.15) is 13.0 Å². The summed E-state index contributed by atoms with van der Waals surface area (Å²) in [6.07, 6.45) is -0.146. The van der Waals surface area contributed by atoms with Crippen LogP contribution in [-0.2, 0) is 17.9 Å². The Hall–Kier alpha value is -3.00. The molecule has 0 heterocycles. The first-order chi connectivity index (χ1) is 11.6. The predicted molar refractivity (Wildman–Crippen MR) is 90.6 cm³/mol. The topological polar surface area (TPSA) is 71.3 Å². The summed E-state index contributed by atoms with van der Waals surface area (Å²) < 4.78 is 11.2. The van der Waals surface area contributed by atoms with Crippen LogP contribution in [0.5, 0.6) is 11.5 Å². The number of nitriles is 1. The lowest BCUT2D eigenvalue weighted by Gasteiger charge is -2.13. The summed E-state index contributed by atoms with van der Waals surface area (Å²) in [6, 6.07) is 15.3. The van der Waals surface area contributed by atoms with Gasteiger partial charge >= 0.3 is 0 Å². The van der Waals surface area contributed by atoms with Crippen LogP contribution in [0.15, 0.2) is 42.5 Å². The minimum atomic E-state index is -0.296.